The monoisotopic (exact) mass is 467 g/mol. The van der Waals surface area contributed by atoms with Crippen LogP contribution in [-0.4, -0.2) is 49.8 Å². The van der Waals surface area contributed by atoms with Crippen LogP contribution in [-0.2, 0) is 10.5 Å². The van der Waals surface area contributed by atoms with Crippen molar-refractivity contribution in [1.29, 1.82) is 0 Å². The van der Waals surface area contributed by atoms with Crippen LogP contribution in [0.5, 0.6) is 0 Å². The van der Waals surface area contributed by atoms with Gasteiger partial charge in [0, 0.05) is 6.20 Å². The zero-order chi connectivity index (χ0) is 24.1. The Hall–Kier alpha value is -1.48. The molecule has 1 aromatic rings. The van der Waals surface area contributed by atoms with E-state index in [1.54, 1.807) is 0 Å². The zero-order valence-electron chi connectivity index (χ0n) is 20.3. The SMILES string of the molecule is CCCCCCCCCCCCCCCC[C@@]1(n2ccc(N)nc2=O)O[C@H](CO)[C@@H](O)[C@H]1O. The molecule has 0 aliphatic carbocycles. The molecule has 1 aliphatic rings. The summed E-state index contributed by atoms with van der Waals surface area (Å²) >= 11 is 0. The predicted octanol–water partition coefficient (Wildman–Crippen LogP) is 3.46. The second kappa shape index (κ2) is 14.7. The van der Waals surface area contributed by atoms with Crippen LogP contribution in [0.4, 0.5) is 5.82 Å². The number of hydrogen-bond acceptors (Lipinski definition) is 7. The van der Waals surface area contributed by atoms with Crippen molar-refractivity contribution < 1.29 is 20.1 Å². The van der Waals surface area contributed by atoms with E-state index in [4.69, 9.17) is 10.5 Å². The Labute approximate surface area is 198 Å². The van der Waals surface area contributed by atoms with Crippen molar-refractivity contribution in [3.63, 3.8) is 0 Å². The van der Waals surface area contributed by atoms with E-state index in [-0.39, 0.29) is 5.82 Å². The van der Waals surface area contributed by atoms with Crippen LogP contribution in [0, 0.1) is 0 Å². The Balaban J connectivity index is 1.73. The fraction of sp³-hybridized carbons (Fsp3) is 0.840. The van der Waals surface area contributed by atoms with Crippen LogP contribution in [0.25, 0.3) is 0 Å². The number of rotatable bonds is 17. The van der Waals surface area contributed by atoms with Crippen molar-refractivity contribution in [2.45, 2.75) is 127 Å². The fourth-order valence-corrected chi connectivity index (χ4v) is 4.82. The molecule has 5 N–H and O–H groups in total. The summed E-state index contributed by atoms with van der Waals surface area (Å²) < 4.78 is 7.08. The van der Waals surface area contributed by atoms with Gasteiger partial charge in [0.2, 0.25) is 0 Å². The van der Waals surface area contributed by atoms with Gasteiger partial charge in [0.05, 0.1) is 6.61 Å². The summed E-state index contributed by atoms with van der Waals surface area (Å²) in [6.45, 7) is 1.80. The highest BCUT2D eigenvalue weighted by Crippen LogP contribution is 2.39. The van der Waals surface area contributed by atoms with Crippen LogP contribution in [0.1, 0.15) is 103 Å². The van der Waals surface area contributed by atoms with E-state index in [1.165, 1.54) is 81.0 Å². The largest absolute Gasteiger partial charge is 0.394 e. The van der Waals surface area contributed by atoms with Gasteiger partial charge in [-0.15, -0.1) is 0 Å². The molecule has 4 atom stereocenters. The third-order valence-electron chi connectivity index (χ3n) is 6.82. The first-order valence-corrected chi connectivity index (χ1v) is 13.0. The zero-order valence-corrected chi connectivity index (χ0v) is 20.3. The predicted molar refractivity (Wildman–Crippen MR) is 130 cm³/mol. The number of aliphatic hydroxyl groups excluding tert-OH is 3. The van der Waals surface area contributed by atoms with E-state index in [1.807, 2.05) is 0 Å². The molecule has 0 saturated carbocycles. The van der Waals surface area contributed by atoms with Gasteiger partial charge in [-0.25, -0.2) is 4.79 Å². The number of aliphatic hydroxyl groups is 3. The maximum atomic E-state index is 12.5. The second-order valence-corrected chi connectivity index (χ2v) is 9.47. The lowest BCUT2D eigenvalue weighted by molar-refractivity contribution is -0.156. The summed E-state index contributed by atoms with van der Waals surface area (Å²) in [6, 6.07) is 1.46. The summed E-state index contributed by atoms with van der Waals surface area (Å²) in [5, 5.41) is 30.6. The molecular weight excluding hydrogens is 422 g/mol. The number of hydrogen-bond donors (Lipinski definition) is 4. The van der Waals surface area contributed by atoms with Crippen LogP contribution >= 0.6 is 0 Å². The third-order valence-corrected chi connectivity index (χ3v) is 6.82. The van der Waals surface area contributed by atoms with E-state index in [0.29, 0.717) is 6.42 Å². The Morgan fingerprint density at radius 3 is 1.94 bits per heavy atom. The molecule has 2 rings (SSSR count). The van der Waals surface area contributed by atoms with Crippen LogP contribution in [0.3, 0.4) is 0 Å². The normalized spacial score (nSPS) is 25.0. The first-order valence-electron chi connectivity index (χ1n) is 13.0. The lowest BCUT2D eigenvalue weighted by Crippen LogP contribution is -2.50. The summed E-state index contributed by atoms with van der Waals surface area (Å²) in [5.74, 6) is 0.0784. The average molecular weight is 468 g/mol. The Morgan fingerprint density at radius 2 is 1.48 bits per heavy atom. The van der Waals surface area contributed by atoms with E-state index < -0.39 is 36.3 Å². The van der Waals surface area contributed by atoms with Gasteiger partial charge in [0.15, 0.2) is 5.72 Å². The number of nitrogens with zero attached hydrogens (tertiary/aromatic N) is 2. The molecule has 2 heterocycles. The molecule has 1 saturated heterocycles. The van der Waals surface area contributed by atoms with Crippen molar-refractivity contribution in [2.24, 2.45) is 0 Å². The van der Waals surface area contributed by atoms with Gasteiger partial charge in [-0.05, 0) is 18.9 Å². The highest BCUT2D eigenvalue weighted by Gasteiger charge is 2.55. The van der Waals surface area contributed by atoms with E-state index in [2.05, 4.69) is 11.9 Å². The van der Waals surface area contributed by atoms with E-state index in [9.17, 15) is 20.1 Å². The first kappa shape index (κ1) is 27.8. The van der Waals surface area contributed by atoms with Gasteiger partial charge >= 0.3 is 5.69 Å². The minimum atomic E-state index is -1.46. The minimum absolute atomic E-state index is 0.0784. The van der Waals surface area contributed by atoms with Gasteiger partial charge in [0.1, 0.15) is 24.1 Å². The quantitative estimate of drug-likeness (QED) is 0.258. The van der Waals surface area contributed by atoms with Gasteiger partial charge in [-0.1, -0.05) is 90.4 Å². The van der Waals surface area contributed by atoms with Crippen LogP contribution in [0.15, 0.2) is 17.1 Å². The molecule has 8 nitrogen and oxygen atoms in total. The molecule has 0 spiro atoms. The van der Waals surface area contributed by atoms with Gasteiger partial charge in [0.25, 0.3) is 0 Å². The first-order chi connectivity index (χ1) is 16.0. The average Bonchev–Trinajstić information content (AvgIpc) is 3.04. The standard InChI is InChI=1S/C25H45N3O5/c1-2-3-4-5-6-7-8-9-10-11-12-13-14-15-17-25(23(31)22(30)20(19-29)33-25)28-18-16-21(26)27-24(28)32/h16,18,20,22-23,29-31H,2-15,17,19H2,1H3,(H2,26,27,32)/t20-,22-,23-,25-/m1/s1. The molecule has 190 valence electrons. The maximum absolute atomic E-state index is 12.5. The lowest BCUT2D eigenvalue weighted by Gasteiger charge is -2.34. The molecule has 33 heavy (non-hydrogen) atoms. The van der Waals surface area contributed by atoms with Crippen molar-refractivity contribution in [2.75, 3.05) is 12.3 Å². The van der Waals surface area contributed by atoms with Gasteiger partial charge in [-0.2, -0.15) is 4.98 Å². The maximum Gasteiger partial charge on any atom is 0.351 e. The van der Waals surface area contributed by atoms with Crippen LogP contribution in [0.2, 0.25) is 0 Å². The van der Waals surface area contributed by atoms with Crippen LogP contribution < -0.4 is 11.4 Å². The highest BCUT2D eigenvalue weighted by molar-refractivity contribution is 5.24. The topological polar surface area (TPSA) is 131 Å². The molecule has 1 fully saturated rings. The summed E-state index contributed by atoms with van der Waals surface area (Å²) in [5.41, 5.74) is 3.49. The Kier molecular flexibility index (Phi) is 12.4. The van der Waals surface area contributed by atoms with Gasteiger partial charge in [-0.3, -0.25) is 4.57 Å². The lowest BCUT2D eigenvalue weighted by atomic mass is 9.95. The molecular formula is C25H45N3O5. The van der Waals surface area contributed by atoms with E-state index in [0.717, 1.165) is 25.7 Å². The number of ether oxygens (including phenoxy) is 1. The number of nitrogens with two attached hydrogens (primary N) is 1. The summed E-state index contributed by atoms with van der Waals surface area (Å²) in [4.78, 5) is 16.2. The van der Waals surface area contributed by atoms with Crippen molar-refractivity contribution in [1.82, 2.24) is 9.55 Å². The molecule has 1 aromatic heterocycles. The fourth-order valence-electron chi connectivity index (χ4n) is 4.82. The molecule has 1 aliphatic heterocycles. The molecule has 0 amide bonds. The van der Waals surface area contributed by atoms with Crippen molar-refractivity contribution in [3.8, 4) is 0 Å². The Bertz CT molecular complexity index is 728. The number of anilines is 1. The minimum Gasteiger partial charge on any atom is -0.394 e. The molecule has 0 aromatic carbocycles. The molecule has 0 unspecified atom stereocenters. The smallest absolute Gasteiger partial charge is 0.351 e. The summed E-state index contributed by atoms with van der Waals surface area (Å²) in [7, 11) is 0. The van der Waals surface area contributed by atoms with E-state index >= 15 is 0 Å². The number of nitrogen functional groups attached to an aromatic ring is 1. The number of unbranched alkanes of at least 4 members (excludes halogenated alkanes) is 13. The second-order valence-electron chi connectivity index (χ2n) is 9.47. The summed E-state index contributed by atoms with van der Waals surface area (Å²) in [6.07, 6.45) is 15.4. The number of aromatic nitrogens is 2. The third kappa shape index (κ3) is 8.05. The Morgan fingerprint density at radius 1 is 0.970 bits per heavy atom. The molecule has 0 bridgehead atoms. The van der Waals surface area contributed by atoms with Gasteiger partial charge < -0.3 is 25.8 Å². The molecule has 8 heteroatoms. The van der Waals surface area contributed by atoms with Crippen molar-refractivity contribution >= 4 is 5.82 Å². The molecule has 0 radical (unpaired) electrons. The van der Waals surface area contributed by atoms with Crippen molar-refractivity contribution in [3.05, 3.63) is 22.7 Å². The highest BCUT2D eigenvalue weighted by atomic mass is 16.6.